The Kier molecular flexibility index (Phi) is 6.41. The maximum Gasteiger partial charge on any atom is 0.223 e. The minimum atomic E-state index is -0.132. The van der Waals surface area contributed by atoms with Gasteiger partial charge in [-0.15, -0.1) is 21.5 Å². The van der Waals surface area contributed by atoms with Crippen LogP contribution >= 0.6 is 34.7 Å². The molecule has 0 bridgehead atoms. The molecule has 0 aliphatic heterocycles. The number of hydrogen-bond donors (Lipinski definition) is 1. The Morgan fingerprint density at radius 2 is 2.00 bits per heavy atom. The normalized spacial score (nSPS) is 11.0. The third kappa shape index (κ3) is 4.81. The number of carbonyl (C=O) groups is 1. The van der Waals surface area contributed by atoms with Crippen LogP contribution in [-0.2, 0) is 10.5 Å². The van der Waals surface area contributed by atoms with Gasteiger partial charge in [-0.1, -0.05) is 47.6 Å². The summed E-state index contributed by atoms with van der Waals surface area (Å²) < 4.78 is 2.05. The molecule has 1 N–H and O–H groups in total. The topological polar surface area (TPSA) is 72.7 Å². The zero-order valence-electron chi connectivity index (χ0n) is 17.2. The number of hydrogen-bond acceptors (Lipinski definition) is 6. The van der Waals surface area contributed by atoms with Crippen molar-refractivity contribution in [1.29, 1.82) is 0 Å². The molecule has 2 aromatic carbocycles. The van der Waals surface area contributed by atoms with Crippen molar-refractivity contribution in [2.45, 2.75) is 31.7 Å². The van der Waals surface area contributed by atoms with E-state index in [4.69, 9.17) is 11.6 Å². The molecule has 0 atom stereocenters. The van der Waals surface area contributed by atoms with Gasteiger partial charge in [0, 0.05) is 23.6 Å². The molecule has 0 saturated carbocycles. The van der Waals surface area contributed by atoms with Gasteiger partial charge in [-0.3, -0.25) is 9.36 Å². The van der Waals surface area contributed by atoms with E-state index in [1.54, 1.807) is 11.8 Å². The van der Waals surface area contributed by atoms with Crippen molar-refractivity contribution in [3.05, 3.63) is 69.7 Å². The molecular weight excluding hydrogens is 450 g/mol. The molecule has 9 heteroatoms. The van der Waals surface area contributed by atoms with Crippen LogP contribution in [0.15, 0.2) is 53.0 Å². The Labute approximate surface area is 193 Å². The Balaban J connectivity index is 1.73. The first-order valence-corrected chi connectivity index (χ1v) is 11.8. The predicted octanol–water partition coefficient (Wildman–Crippen LogP) is 5.91. The Morgan fingerprint density at radius 1 is 1.19 bits per heavy atom. The van der Waals surface area contributed by atoms with E-state index in [0.717, 1.165) is 33.2 Å². The summed E-state index contributed by atoms with van der Waals surface area (Å²) in [7, 11) is 0. The van der Waals surface area contributed by atoms with Crippen LogP contribution in [-0.4, -0.2) is 25.7 Å². The summed E-state index contributed by atoms with van der Waals surface area (Å²) in [6, 6.07) is 13.9. The molecule has 6 nitrogen and oxygen atoms in total. The highest BCUT2D eigenvalue weighted by Crippen LogP contribution is 2.34. The average molecular weight is 470 g/mol. The number of aromatic nitrogens is 4. The maximum absolute atomic E-state index is 11.2. The van der Waals surface area contributed by atoms with E-state index in [0.29, 0.717) is 21.7 Å². The number of nitrogens with zero attached hydrogens (tertiary/aromatic N) is 4. The SMILES string of the molecule is CC(=O)Nc1nc(CSc2nnc(-c3ccccc3Cl)n2-c2cc(C)ccc2C)cs1. The van der Waals surface area contributed by atoms with E-state index in [1.807, 2.05) is 29.6 Å². The molecule has 2 heterocycles. The van der Waals surface area contributed by atoms with Gasteiger partial charge < -0.3 is 5.32 Å². The first-order chi connectivity index (χ1) is 14.9. The molecule has 4 aromatic rings. The lowest BCUT2D eigenvalue weighted by atomic mass is 10.1. The van der Waals surface area contributed by atoms with Gasteiger partial charge in [-0.2, -0.15) is 0 Å². The van der Waals surface area contributed by atoms with Gasteiger partial charge in [0.05, 0.1) is 16.4 Å². The number of nitrogens with one attached hydrogen (secondary N) is 1. The van der Waals surface area contributed by atoms with Crippen molar-refractivity contribution in [2.75, 3.05) is 5.32 Å². The predicted molar refractivity (Wildman–Crippen MR) is 127 cm³/mol. The lowest BCUT2D eigenvalue weighted by molar-refractivity contribution is -0.114. The van der Waals surface area contributed by atoms with Crippen LogP contribution in [0.5, 0.6) is 0 Å². The van der Waals surface area contributed by atoms with E-state index in [9.17, 15) is 4.79 Å². The zero-order chi connectivity index (χ0) is 22.0. The number of aryl methyl sites for hydroxylation is 2. The molecule has 0 saturated heterocycles. The lowest BCUT2D eigenvalue weighted by Crippen LogP contribution is -2.05. The molecule has 0 fully saturated rings. The van der Waals surface area contributed by atoms with Crippen LogP contribution in [0.2, 0.25) is 5.02 Å². The second kappa shape index (κ2) is 9.21. The fraction of sp³-hybridized carbons (Fsp3) is 0.182. The minimum Gasteiger partial charge on any atom is -0.302 e. The highest BCUT2D eigenvalue weighted by molar-refractivity contribution is 7.98. The number of anilines is 1. The first-order valence-electron chi connectivity index (χ1n) is 9.55. The first kappa shape index (κ1) is 21.5. The Morgan fingerprint density at radius 3 is 2.77 bits per heavy atom. The monoisotopic (exact) mass is 469 g/mol. The standard InChI is InChI=1S/C22H20ClN5OS2/c1-13-8-9-14(2)19(10-13)28-20(17-6-4-5-7-18(17)23)26-27-22(28)31-12-16-11-30-21(25-16)24-15(3)29/h4-11H,12H2,1-3H3,(H,24,25,29). The summed E-state index contributed by atoms with van der Waals surface area (Å²) in [4.78, 5) is 15.7. The van der Waals surface area contributed by atoms with Crippen LogP contribution in [0.3, 0.4) is 0 Å². The van der Waals surface area contributed by atoms with Gasteiger partial charge in [0.2, 0.25) is 5.91 Å². The zero-order valence-corrected chi connectivity index (χ0v) is 19.6. The fourth-order valence-electron chi connectivity index (χ4n) is 3.08. The van der Waals surface area contributed by atoms with Crippen molar-refractivity contribution in [3.63, 3.8) is 0 Å². The molecule has 31 heavy (non-hydrogen) atoms. The molecule has 2 aromatic heterocycles. The van der Waals surface area contributed by atoms with Crippen LogP contribution in [0, 0.1) is 13.8 Å². The van der Waals surface area contributed by atoms with Gasteiger partial charge in [0.15, 0.2) is 16.1 Å². The van der Waals surface area contributed by atoms with Crippen molar-refractivity contribution in [3.8, 4) is 17.1 Å². The third-order valence-electron chi connectivity index (χ3n) is 4.54. The van der Waals surface area contributed by atoms with Gasteiger partial charge in [0.25, 0.3) is 0 Å². The van der Waals surface area contributed by atoms with Gasteiger partial charge in [-0.05, 0) is 43.2 Å². The molecule has 4 rings (SSSR count). The molecule has 0 radical (unpaired) electrons. The number of carbonyl (C=O) groups excluding carboxylic acids is 1. The highest BCUT2D eigenvalue weighted by atomic mass is 35.5. The number of thioether (sulfide) groups is 1. The molecular formula is C22H20ClN5OS2. The number of amides is 1. The van der Waals surface area contributed by atoms with E-state index in [-0.39, 0.29) is 5.91 Å². The van der Waals surface area contributed by atoms with Crippen LogP contribution < -0.4 is 5.32 Å². The maximum atomic E-state index is 11.2. The van der Waals surface area contributed by atoms with E-state index in [2.05, 4.69) is 57.1 Å². The Hall–Kier alpha value is -2.68. The smallest absolute Gasteiger partial charge is 0.223 e. The minimum absolute atomic E-state index is 0.132. The molecule has 0 spiro atoms. The van der Waals surface area contributed by atoms with E-state index in [1.165, 1.54) is 18.3 Å². The Bertz CT molecular complexity index is 1250. The quantitative estimate of drug-likeness (QED) is 0.355. The van der Waals surface area contributed by atoms with Gasteiger partial charge in [0.1, 0.15) is 0 Å². The van der Waals surface area contributed by atoms with Gasteiger partial charge >= 0.3 is 0 Å². The average Bonchev–Trinajstić information content (AvgIpc) is 3.35. The van der Waals surface area contributed by atoms with Crippen LogP contribution in [0.4, 0.5) is 5.13 Å². The van der Waals surface area contributed by atoms with Gasteiger partial charge in [-0.25, -0.2) is 4.98 Å². The fourth-order valence-corrected chi connectivity index (χ4v) is 5.00. The van der Waals surface area contributed by atoms with Crippen LogP contribution in [0.1, 0.15) is 23.7 Å². The summed E-state index contributed by atoms with van der Waals surface area (Å²) in [5.41, 5.74) is 4.97. The summed E-state index contributed by atoms with van der Waals surface area (Å²) in [6.07, 6.45) is 0. The van der Waals surface area contributed by atoms with Crippen molar-refractivity contribution in [2.24, 2.45) is 0 Å². The number of thiazole rings is 1. The second-order valence-corrected chi connectivity index (χ2v) is 9.23. The van der Waals surface area contributed by atoms with Crippen molar-refractivity contribution in [1.82, 2.24) is 19.7 Å². The number of rotatable bonds is 6. The molecule has 0 aliphatic rings. The number of halogens is 1. The summed E-state index contributed by atoms with van der Waals surface area (Å²) in [5, 5.41) is 15.6. The van der Waals surface area contributed by atoms with Crippen molar-refractivity contribution < 1.29 is 4.79 Å². The number of benzene rings is 2. The molecule has 0 unspecified atom stereocenters. The highest BCUT2D eigenvalue weighted by Gasteiger charge is 2.20. The molecule has 158 valence electrons. The van der Waals surface area contributed by atoms with Crippen molar-refractivity contribution >= 4 is 45.7 Å². The van der Waals surface area contributed by atoms with E-state index >= 15 is 0 Å². The second-order valence-electron chi connectivity index (χ2n) is 7.03. The molecule has 1 amide bonds. The molecule has 0 aliphatic carbocycles. The lowest BCUT2D eigenvalue weighted by Gasteiger charge is -2.14. The summed E-state index contributed by atoms with van der Waals surface area (Å²) in [6.45, 7) is 5.60. The van der Waals surface area contributed by atoms with E-state index < -0.39 is 0 Å². The summed E-state index contributed by atoms with van der Waals surface area (Å²) in [5.74, 6) is 1.16. The third-order valence-corrected chi connectivity index (χ3v) is 6.64. The largest absolute Gasteiger partial charge is 0.302 e. The summed E-state index contributed by atoms with van der Waals surface area (Å²) >= 11 is 9.43. The van der Waals surface area contributed by atoms with Crippen LogP contribution in [0.25, 0.3) is 17.1 Å².